The summed E-state index contributed by atoms with van der Waals surface area (Å²) in [7, 11) is 0. The molecule has 1 atom stereocenters. The van der Waals surface area contributed by atoms with E-state index in [1.165, 1.54) is 23.9 Å². The Morgan fingerprint density at radius 1 is 1.27 bits per heavy atom. The van der Waals surface area contributed by atoms with Gasteiger partial charge in [0.25, 0.3) is 0 Å². The van der Waals surface area contributed by atoms with Crippen molar-refractivity contribution in [2.24, 2.45) is 0 Å². The van der Waals surface area contributed by atoms with E-state index in [4.69, 9.17) is 11.6 Å². The molecule has 0 aliphatic rings. The minimum absolute atomic E-state index is 0.0381. The zero-order chi connectivity index (χ0) is 15.9. The van der Waals surface area contributed by atoms with Gasteiger partial charge < -0.3 is 5.32 Å². The largest absolute Gasteiger partial charge is 0.349 e. The molecule has 2 aromatic rings. The number of carbonyl (C=O) groups is 1. The third kappa shape index (κ3) is 5.35. The molecule has 0 saturated carbocycles. The van der Waals surface area contributed by atoms with E-state index < -0.39 is 0 Å². The summed E-state index contributed by atoms with van der Waals surface area (Å²) in [5.41, 5.74) is 1.89. The third-order valence-electron chi connectivity index (χ3n) is 3.14. The Bertz CT molecular complexity index is 633. The average molecular weight is 338 g/mol. The second-order valence-corrected chi connectivity index (χ2v) is 6.39. The van der Waals surface area contributed by atoms with Crippen molar-refractivity contribution >= 4 is 29.3 Å². The first-order valence-electron chi connectivity index (χ1n) is 6.91. The molecule has 2 rings (SSSR count). The molecule has 0 fully saturated rings. The monoisotopic (exact) mass is 337 g/mol. The van der Waals surface area contributed by atoms with Crippen LogP contribution in [-0.2, 0) is 10.5 Å². The van der Waals surface area contributed by atoms with E-state index in [2.05, 4.69) is 5.32 Å². The maximum Gasteiger partial charge on any atom is 0.230 e. The number of hydrogen-bond acceptors (Lipinski definition) is 2. The SMILES string of the molecule is C[C@H](NC(=O)CSCc1cccc(F)c1)c1ccc(Cl)cc1. The standard InChI is InChI=1S/C17H17ClFNOS/c1-12(14-5-7-15(18)8-6-14)20-17(21)11-22-10-13-3-2-4-16(19)9-13/h2-9,12H,10-11H2,1H3,(H,20,21)/t12-/m0/s1. The lowest BCUT2D eigenvalue weighted by Crippen LogP contribution is -2.28. The zero-order valence-corrected chi connectivity index (χ0v) is 13.8. The summed E-state index contributed by atoms with van der Waals surface area (Å²) < 4.78 is 13.0. The number of halogens is 2. The highest BCUT2D eigenvalue weighted by Gasteiger charge is 2.09. The van der Waals surface area contributed by atoms with Crippen molar-refractivity contribution in [3.8, 4) is 0 Å². The Labute approximate surface area is 139 Å². The van der Waals surface area contributed by atoms with Crippen molar-refractivity contribution in [2.75, 3.05) is 5.75 Å². The highest BCUT2D eigenvalue weighted by molar-refractivity contribution is 7.99. The molecule has 0 saturated heterocycles. The van der Waals surface area contributed by atoms with E-state index >= 15 is 0 Å². The van der Waals surface area contributed by atoms with Crippen LogP contribution in [0.1, 0.15) is 24.1 Å². The molecular weight excluding hydrogens is 321 g/mol. The van der Waals surface area contributed by atoms with Gasteiger partial charge in [0.05, 0.1) is 11.8 Å². The lowest BCUT2D eigenvalue weighted by atomic mass is 10.1. The second kappa shape index (κ2) is 8.20. The van der Waals surface area contributed by atoms with Crippen molar-refractivity contribution in [3.63, 3.8) is 0 Å². The predicted molar refractivity (Wildman–Crippen MR) is 90.6 cm³/mol. The molecule has 0 aliphatic carbocycles. The average Bonchev–Trinajstić information content (AvgIpc) is 2.48. The topological polar surface area (TPSA) is 29.1 Å². The van der Waals surface area contributed by atoms with Crippen LogP contribution in [0.5, 0.6) is 0 Å². The molecule has 0 aromatic heterocycles. The summed E-state index contributed by atoms with van der Waals surface area (Å²) in [5, 5.41) is 3.61. The van der Waals surface area contributed by atoms with Crippen molar-refractivity contribution in [1.29, 1.82) is 0 Å². The van der Waals surface area contributed by atoms with Crippen LogP contribution in [0, 0.1) is 5.82 Å². The molecule has 116 valence electrons. The van der Waals surface area contributed by atoms with Crippen molar-refractivity contribution in [3.05, 3.63) is 70.5 Å². The number of thioether (sulfide) groups is 1. The Morgan fingerprint density at radius 2 is 2.00 bits per heavy atom. The molecule has 2 nitrogen and oxygen atoms in total. The van der Waals surface area contributed by atoms with Crippen molar-refractivity contribution in [2.45, 2.75) is 18.7 Å². The summed E-state index contributed by atoms with van der Waals surface area (Å²) in [6, 6.07) is 13.8. The summed E-state index contributed by atoms with van der Waals surface area (Å²) in [5.74, 6) is 0.664. The van der Waals surface area contributed by atoms with E-state index in [1.54, 1.807) is 18.2 Å². The van der Waals surface area contributed by atoms with Gasteiger partial charge in [-0.1, -0.05) is 35.9 Å². The highest BCUT2D eigenvalue weighted by Crippen LogP contribution is 2.17. The first-order chi connectivity index (χ1) is 10.5. The first kappa shape index (κ1) is 16.8. The first-order valence-corrected chi connectivity index (χ1v) is 8.45. The van der Waals surface area contributed by atoms with E-state index in [0.29, 0.717) is 16.5 Å². The molecule has 0 spiro atoms. The van der Waals surface area contributed by atoms with E-state index in [9.17, 15) is 9.18 Å². The molecule has 22 heavy (non-hydrogen) atoms. The van der Waals surface area contributed by atoms with Crippen LogP contribution in [0.25, 0.3) is 0 Å². The number of benzene rings is 2. The van der Waals surface area contributed by atoms with Crippen molar-refractivity contribution < 1.29 is 9.18 Å². The van der Waals surface area contributed by atoms with Gasteiger partial charge in [0, 0.05) is 10.8 Å². The van der Waals surface area contributed by atoms with Crippen LogP contribution in [0.3, 0.4) is 0 Å². The van der Waals surface area contributed by atoms with Gasteiger partial charge in [-0.2, -0.15) is 0 Å². The number of nitrogens with one attached hydrogen (secondary N) is 1. The fourth-order valence-corrected chi connectivity index (χ4v) is 2.92. The smallest absolute Gasteiger partial charge is 0.230 e. The normalized spacial score (nSPS) is 12.0. The Kier molecular flexibility index (Phi) is 6.28. The lowest BCUT2D eigenvalue weighted by molar-refractivity contribution is -0.119. The zero-order valence-electron chi connectivity index (χ0n) is 12.2. The Morgan fingerprint density at radius 3 is 2.68 bits per heavy atom. The summed E-state index contributed by atoms with van der Waals surface area (Å²) in [6.07, 6.45) is 0. The maximum atomic E-state index is 13.0. The van der Waals surface area contributed by atoms with Crippen LogP contribution < -0.4 is 5.32 Å². The fraction of sp³-hybridized carbons (Fsp3) is 0.235. The summed E-state index contributed by atoms with van der Waals surface area (Å²) >= 11 is 7.31. The van der Waals surface area contributed by atoms with Gasteiger partial charge in [0.1, 0.15) is 5.82 Å². The van der Waals surface area contributed by atoms with Crippen LogP contribution in [0.4, 0.5) is 4.39 Å². The van der Waals surface area contributed by atoms with E-state index in [0.717, 1.165) is 11.1 Å². The molecular formula is C17H17ClFNOS. The minimum atomic E-state index is -0.251. The highest BCUT2D eigenvalue weighted by atomic mass is 35.5. The quantitative estimate of drug-likeness (QED) is 0.835. The molecule has 0 aliphatic heterocycles. The molecule has 2 aromatic carbocycles. The second-order valence-electron chi connectivity index (χ2n) is 4.96. The minimum Gasteiger partial charge on any atom is -0.349 e. The summed E-state index contributed by atoms with van der Waals surface area (Å²) in [4.78, 5) is 11.9. The molecule has 0 heterocycles. The van der Waals surface area contributed by atoms with Crippen LogP contribution in [0.2, 0.25) is 5.02 Å². The number of hydrogen-bond donors (Lipinski definition) is 1. The van der Waals surface area contributed by atoms with Gasteiger partial charge in [-0.25, -0.2) is 4.39 Å². The van der Waals surface area contributed by atoms with Gasteiger partial charge in [-0.05, 0) is 42.3 Å². The maximum absolute atomic E-state index is 13.0. The van der Waals surface area contributed by atoms with Crippen LogP contribution >= 0.6 is 23.4 Å². The van der Waals surface area contributed by atoms with Gasteiger partial charge in [0.15, 0.2) is 0 Å². The number of carbonyl (C=O) groups excluding carboxylic acids is 1. The van der Waals surface area contributed by atoms with Gasteiger partial charge >= 0.3 is 0 Å². The van der Waals surface area contributed by atoms with Crippen LogP contribution in [-0.4, -0.2) is 11.7 Å². The third-order valence-corrected chi connectivity index (χ3v) is 4.39. The number of amides is 1. The van der Waals surface area contributed by atoms with Gasteiger partial charge in [-0.3, -0.25) is 4.79 Å². The molecule has 5 heteroatoms. The molecule has 1 N–H and O–H groups in total. The predicted octanol–water partition coefficient (Wildman–Crippen LogP) is 4.59. The van der Waals surface area contributed by atoms with Gasteiger partial charge in [-0.15, -0.1) is 11.8 Å². The fourth-order valence-electron chi connectivity index (χ4n) is 2.01. The molecule has 0 unspecified atom stereocenters. The van der Waals surface area contributed by atoms with Crippen molar-refractivity contribution in [1.82, 2.24) is 5.32 Å². The van der Waals surface area contributed by atoms with Crippen LogP contribution in [0.15, 0.2) is 48.5 Å². The lowest BCUT2D eigenvalue weighted by Gasteiger charge is -2.14. The van der Waals surface area contributed by atoms with E-state index in [1.807, 2.05) is 25.1 Å². The summed E-state index contributed by atoms with van der Waals surface area (Å²) in [6.45, 7) is 1.93. The Balaban J connectivity index is 1.76. The Hall–Kier alpha value is -1.52. The van der Waals surface area contributed by atoms with E-state index in [-0.39, 0.29) is 17.8 Å². The molecule has 0 bridgehead atoms. The molecule has 1 amide bonds. The number of rotatable bonds is 6. The molecule has 0 radical (unpaired) electrons. The van der Waals surface area contributed by atoms with Gasteiger partial charge in [0.2, 0.25) is 5.91 Å².